The summed E-state index contributed by atoms with van der Waals surface area (Å²) in [6.45, 7) is 4.42. The summed E-state index contributed by atoms with van der Waals surface area (Å²) in [6.07, 6.45) is 4.42. The molecule has 0 aliphatic rings. The van der Waals surface area contributed by atoms with Gasteiger partial charge in [-0.2, -0.15) is 9.06 Å². The summed E-state index contributed by atoms with van der Waals surface area (Å²) in [4.78, 5) is 0. The standard InChI is InChI=1S/C5H14S2/c1-5(2)7(3,4)6/h5-6H,1-4H3. The first-order chi connectivity index (χ1) is 2.94. The molecular weight excluding hydrogens is 124 g/mol. The lowest BCUT2D eigenvalue weighted by molar-refractivity contribution is 1.11. The van der Waals surface area contributed by atoms with Gasteiger partial charge in [-0.15, -0.1) is 11.7 Å². The minimum atomic E-state index is -0.546. The first-order valence-corrected chi connectivity index (χ1v) is 5.95. The topological polar surface area (TPSA) is 0 Å². The van der Waals surface area contributed by atoms with E-state index in [-0.39, 0.29) is 0 Å². The van der Waals surface area contributed by atoms with Crippen molar-refractivity contribution < 1.29 is 0 Å². The van der Waals surface area contributed by atoms with Crippen molar-refractivity contribution in [3.05, 3.63) is 0 Å². The molecule has 7 heavy (non-hydrogen) atoms. The van der Waals surface area contributed by atoms with E-state index in [9.17, 15) is 0 Å². The van der Waals surface area contributed by atoms with Gasteiger partial charge in [0, 0.05) is 0 Å². The third-order valence-electron chi connectivity index (χ3n) is 1.15. The molecule has 0 amide bonds. The van der Waals surface area contributed by atoms with Crippen molar-refractivity contribution in [1.29, 1.82) is 0 Å². The first kappa shape index (κ1) is 7.70. The maximum Gasteiger partial charge on any atom is -0.00908 e. The average Bonchev–Trinajstić information content (AvgIpc) is 1.31. The molecule has 0 heterocycles. The maximum absolute atomic E-state index is 4.43. The molecule has 0 aromatic carbocycles. The first-order valence-electron chi connectivity index (χ1n) is 2.39. The molecule has 0 fully saturated rings. The molecule has 0 N–H and O–H groups in total. The molecule has 0 aromatic heterocycles. The second-order valence-corrected chi connectivity index (χ2v) is 8.87. The number of rotatable bonds is 1. The van der Waals surface area contributed by atoms with Gasteiger partial charge < -0.3 is 0 Å². The van der Waals surface area contributed by atoms with Gasteiger partial charge in [-0.3, -0.25) is 0 Å². The molecule has 0 rings (SSSR count). The average molecular weight is 138 g/mol. The van der Waals surface area contributed by atoms with E-state index in [1.807, 2.05) is 0 Å². The maximum atomic E-state index is 4.43. The molecule has 0 nitrogen and oxygen atoms in total. The fraction of sp³-hybridized carbons (Fsp3) is 1.00. The summed E-state index contributed by atoms with van der Waals surface area (Å²) < 4.78 is 0. The lowest BCUT2D eigenvalue weighted by atomic mass is 10.6. The van der Waals surface area contributed by atoms with Crippen molar-refractivity contribution in [2.24, 2.45) is 0 Å². The molecule has 46 valence electrons. The van der Waals surface area contributed by atoms with Crippen LogP contribution in [-0.2, 0) is 0 Å². The lowest BCUT2D eigenvalue weighted by Gasteiger charge is -2.28. The van der Waals surface area contributed by atoms with Crippen LogP contribution < -0.4 is 0 Å². The van der Waals surface area contributed by atoms with Gasteiger partial charge in [-0.05, 0) is 17.8 Å². The molecule has 0 spiro atoms. The van der Waals surface area contributed by atoms with Gasteiger partial charge in [0.2, 0.25) is 0 Å². The number of thiol groups is 1. The van der Waals surface area contributed by atoms with Crippen LogP contribution in [0.5, 0.6) is 0 Å². The monoisotopic (exact) mass is 138 g/mol. The van der Waals surface area contributed by atoms with Crippen LogP contribution in [0.3, 0.4) is 0 Å². The predicted molar refractivity (Wildman–Crippen MR) is 43.6 cm³/mol. The van der Waals surface area contributed by atoms with E-state index in [1.165, 1.54) is 0 Å². The zero-order valence-corrected chi connectivity index (χ0v) is 7.14. The van der Waals surface area contributed by atoms with Crippen LogP contribution in [0.25, 0.3) is 0 Å². The van der Waals surface area contributed by atoms with Gasteiger partial charge in [0.1, 0.15) is 0 Å². The van der Waals surface area contributed by atoms with E-state index in [0.29, 0.717) is 0 Å². The Bertz CT molecular complexity index is 51.6. The molecule has 0 bridgehead atoms. The molecule has 2 heteroatoms. The van der Waals surface area contributed by atoms with Crippen LogP contribution in [-0.4, -0.2) is 17.8 Å². The molecule has 0 unspecified atom stereocenters. The van der Waals surface area contributed by atoms with Gasteiger partial charge >= 0.3 is 0 Å². The molecule has 0 radical (unpaired) electrons. The van der Waals surface area contributed by atoms with Crippen molar-refractivity contribution >= 4 is 20.7 Å². The molecule has 0 saturated carbocycles. The summed E-state index contributed by atoms with van der Waals surface area (Å²) >= 11 is 4.43. The van der Waals surface area contributed by atoms with E-state index in [1.54, 1.807) is 0 Å². The Morgan fingerprint density at radius 3 is 1.43 bits per heavy atom. The van der Waals surface area contributed by atoms with Gasteiger partial charge in [0.15, 0.2) is 0 Å². The second kappa shape index (κ2) is 2.31. The zero-order valence-electron chi connectivity index (χ0n) is 5.43. The molecular formula is C5H14S2. The van der Waals surface area contributed by atoms with Crippen molar-refractivity contribution in [3.8, 4) is 0 Å². The number of hydrogen-bond donors (Lipinski definition) is 1. The Hall–Kier alpha value is 0.700. The fourth-order valence-electron chi connectivity index (χ4n) is 0. The summed E-state index contributed by atoms with van der Waals surface area (Å²) in [5.74, 6) is 0. The van der Waals surface area contributed by atoms with E-state index < -0.39 is 9.06 Å². The molecule has 0 aliphatic heterocycles. The lowest BCUT2D eigenvalue weighted by Crippen LogP contribution is -2.00. The predicted octanol–water partition coefficient (Wildman–Crippen LogP) is 2.30. The van der Waals surface area contributed by atoms with E-state index in [2.05, 4.69) is 38.0 Å². The van der Waals surface area contributed by atoms with Crippen LogP contribution >= 0.6 is 20.7 Å². The second-order valence-electron chi connectivity index (χ2n) is 2.40. The summed E-state index contributed by atoms with van der Waals surface area (Å²) in [6, 6.07) is 0. The Labute approximate surface area is 52.8 Å². The Balaban J connectivity index is 3.54. The van der Waals surface area contributed by atoms with Crippen molar-refractivity contribution in [1.82, 2.24) is 0 Å². The highest BCUT2D eigenvalue weighted by molar-refractivity contribution is 8.87. The fourth-order valence-corrected chi connectivity index (χ4v) is 0. The summed E-state index contributed by atoms with van der Waals surface area (Å²) in [7, 11) is -0.546. The number of hydrogen-bond acceptors (Lipinski definition) is 1. The summed E-state index contributed by atoms with van der Waals surface area (Å²) in [5, 5.41) is 0.746. The van der Waals surface area contributed by atoms with Crippen LogP contribution in [0.1, 0.15) is 13.8 Å². The Morgan fingerprint density at radius 2 is 1.43 bits per heavy atom. The highest BCUT2D eigenvalue weighted by atomic mass is 33.1. The van der Waals surface area contributed by atoms with Crippen molar-refractivity contribution in [3.63, 3.8) is 0 Å². The van der Waals surface area contributed by atoms with Gasteiger partial charge in [0.05, 0.1) is 0 Å². The van der Waals surface area contributed by atoms with Gasteiger partial charge in [0.25, 0.3) is 0 Å². The quantitative estimate of drug-likeness (QED) is 0.417. The SMILES string of the molecule is CC(C)S(C)(C)S. The smallest absolute Gasteiger partial charge is 0.00908 e. The third-order valence-corrected chi connectivity index (χ3v) is 4.73. The Morgan fingerprint density at radius 1 is 1.29 bits per heavy atom. The normalized spacial score (nSPS) is 15.1. The highest BCUT2D eigenvalue weighted by Gasteiger charge is 2.08. The largest absolute Gasteiger partial charge is 0.199 e. The zero-order chi connectivity index (χ0) is 6.08. The van der Waals surface area contributed by atoms with E-state index in [0.717, 1.165) is 5.25 Å². The van der Waals surface area contributed by atoms with Crippen LogP contribution in [0.4, 0.5) is 0 Å². The Kier molecular flexibility index (Phi) is 2.54. The highest BCUT2D eigenvalue weighted by Crippen LogP contribution is 2.49. The molecule has 0 aliphatic carbocycles. The van der Waals surface area contributed by atoms with E-state index in [4.69, 9.17) is 0 Å². The minimum Gasteiger partial charge on any atom is -0.199 e. The van der Waals surface area contributed by atoms with Crippen LogP contribution in [0, 0.1) is 0 Å². The third kappa shape index (κ3) is 3.30. The van der Waals surface area contributed by atoms with Crippen LogP contribution in [0.2, 0.25) is 0 Å². The molecule has 0 aromatic rings. The van der Waals surface area contributed by atoms with Crippen molar-refractivity contribution in [2.75, 3.05) is 12.5 Å². The molecule has 0 saturated heterocycles. The summed E-state index contributed by atoms with van der Waals surface area (Å²) in [5.41, 5.74) is 0. The molecule has 0 atom stereocenters. The van der Waals surface area contributed by atoms with Gasteiger partial charge in [-0.25, -0.2) is 0 Å². The van der Waals surface area contributed by atoms with Crippen molar-refractivity contribution in [2.45, 2.75) is 19.1 Å². The van der Waals surface area contributed by atoms with Gasteiger partial charge in [-0.1, -0.05) is 13.8 Å². The van der Waals surface area contributed by atoms with Crippen LogP contribution in [0.15, 0.2) is 0 Å². The van der Waals surface area contributed by atoms with E-state index >= 15 is 0 Å². The minimum absolute atomic E-state index is 0.546.